The predicted molar refractivity (Wildman–Crippen MR) is 91.1 cm³/mol. The fraction of sp³-hybridized carbons (Fsp3) is 0.389. The van der Waals surface area contributed by atoms with Gasteiger partial charge in [0.05, 0.1) is 24.7 Å². The molecule has 4 rings (SSSR count). The summed E-state index contributed by atoms with van der Waals surface area (Å²) in [7, 11) is 0. The summed E-state index contributed by atoms with van der Waals surface area (Å²) in [6.45, 7) is 5.21. The molecular weight excluding hydrogens is 302 g/mol. The van der Waals surface area contributed by atoms with Crippen molar-refractivity contribution >= 4 is 5.82 Å². The molecule has 3 aromatic heterocycles. The molecule has 1 aliphatic heterocycles. The number of nitrogens with zero attached hydrogens (tertiary/aromatic N) is 5. The first kappa shape index (κ1) is 14.9. The fourth-order valence-electron chi connectivity index (χ4n) is 3.39. The van der Waals surface area contributed by atoms with E-state index < -0.39 is 0 Å². The van der Waals surface area contributed by atoms with Crippen LogP contribution in [0.25, 0.3) is 5.82 Å². The third kappa shape index (κ3) is 2.68. The molecule has 124 valence electrons. The zero-order valence-electron chi connectivity index (χ0n) is 14.0. The number of hydrogen-bond acceptors (Lipinski definition) is 5. The normalized spacial score (nSPS) is 21.2. The molecule has 0 unspecified atom stereocenters. The Labute approximate surface area is 141 Å². The van der Waals surface area contributed by atoms with Crippen molar-refractivity contribution in [2.45, 2.75) is 32.7 Å². The van der Waals surface area contributed by atoms with E-state index in [1.165, 1.54) is 0 Å². The molecule has 0 radical (unpaired) electrons. The molecule has 24 heavy (non-hydrogen) atoms. The second-order valence-corrected chi connectivity index (χ2v) is 6.43. The summed E-state index contributed by atoms with van der Waals surface area (Å²) in [5, 5.41) is 0. The molecule has 0 saturated carbocycles. The maximum absolute atomic E-state index is 5.69. The van der Waals surface area contributed by atoms with Gasteiger partial charge in [-0.2, -0.15) is 0 Å². The molecule has 6 heteroatoms. The second-order valence-electron chi connectivity index (χ2n) is 6.43. The van der Waals surface area contributed by atoms with E-state index in [1.54, 1.807) is 18.7 Å². The van der Waals surface area contributed by atoms with Crippen molar-refractivity contribution < 1.29 is 4.42 Å². The van der Waals surface area contributed by atoms with Gasteiger partial charge in [0, 0.05) is 18.9 Å². The largest absolute Gasteiger partial charge is 0.467 e. The van der Waals surface area contributed by atoms with Crippen LogP contribution in [0.5, 0.6) is 0 Å². The molecule has 1 fully saturated rings. The maximum atomic E-state index is 5.69. The minimum Gasteiger partial charge on any atom is -0.467 e. The van der Waals surface area contributed by atoms with Crippen LogP contribution < -0.4 is 4.90 Å². The topological polar surface area (TPSA) is 60.0 Å². The summed E-state index contributed by atoms with van der Waals surface area (Å²) in [6.07, 6.45) is 11.2. The first-order valence-electron chi connectivity index (χ1n) is 8.35. The van der Waals surface area contributed by atoms with Gasteiger partial charge >= 0.3 is 0 Å². The Bertz CT molecular complexity index is 810. The zero-order valence-corrected chi connectivity index (χ0v) is 14.0. The molecule has 1 saturated heterocycles. The third-order valence-electron chi connectivity index (χ3n) is 4.71. The van der Waals surface area contributed by atoms with E-state index in [0.717, 1.165) is 42.6 Å². The quantitative estimate of drug-likeness (QED) is 0.738. The SMILES string of the molecule is Cc1nccn1-c1cncc(N2CC[C@H](C)C[C@H]2c2ccco2)n1. The smallest absolute Gasteiger partial charge is 0.159 e. The highest BCUT2D eigenvalue weighted by atomic mass is 16.3. The van der Waals surface area contributed by atoms with Gasteiger partial charge in [0.25, 0.3) is 0 Å². The molecule has 3 aromatic rings. The van der Waals surface area contributed by atoms with Crippen LogP contribution in [0.3, 0.4) is 0 Å². The third-order valence-corrected chi connectivity index (χ3v) is 4.71. The van der Waals surface area contributed by atoms with Gasteiger partial charge in [-0.15, -0.1) is 0 Å². The van der Waals surface area contributed by atoms with Crippen LogP contribution in [0.15, 0.2) is 47.6 Å². The summed E-state index contributed by atoms with van der Waals surface area (Å²) in [5.74, 6) is 4.24. The summed E-state index contributed by atoms with van der Waals surface area (Å²) in [5.41, 5.74) is 0. The number of aryl methyl sites for hydroxylation is 1. The van der Waals surface area contributed by atoms with Crippen LogP contribution in [0.4, 0.5) is 5.82 Å². The Morgan fingerprint density at radius 1 is 1.25 bits per heavy atom. The van der Waals surface area contributed by atoms with Gasteiger partial charge in [0.1, 0.15) is 17.4 Å². The number of furan rings is 1. The fourth-order valence-corrected chi connectivity index (χ4v) is 3.39. The maximum Gasteiger partial charge on any atom is 0.159 e. The lowest BCUT2D eigenvalue weighted by molar-refractivity contribution is 0.327. The Morgan fingerprint density at radius 2 is 2.12 bits per heavy atom. The van der Waals surface area contributed by atoms with Crippen LogP contribution in [0, 0.1) is 12.8 Å². The van der Waals surface area contributed by atoms with Gasteiger partial charge in [-0.3, -0.25) is 9.55 Å². The molecule has 0 aromatic carbocycles. The molecule has 0 bridgehead atoms. The van der Waals surface area contributed by atoms with Crippen LogP contribution in [0.1, 0.15) is 37.4 Å². The van der Waals surface area contributed by atoms with E-state index in [9.17, 15) is 0 Å². The molecular formula is C18H21N5O. The standard InChI is InChI=1S/C18H21N5O/c1-13-5-7-23(15(10-13)16-4-3-9-24-16)18-12-19-11-17(21-18)22-8-6-20-14(22)2/h3-4,6,8-9,11-13,15H,5,7,10H2,1-2H3/t13-,15-/m0/s1. The molecule has 6 nitrogen and oxygen atoms in total. The first-order valence-corrected chi connectivity index (χ1v) is 8.35. The van der Waals surface area contributed by atoms with Crippen molar-refractivity contribution in [2.75, 3.05) is 11.4 Å². The molecule has 0 spiro atoms. The van der Waals surface area contributed by atoms with E-state index in [1.807, 2.05) is 36.0 Å². The van der Waals surface area contributed by atoms with E-state index in [2.05, 4.69) is 21.8 Å². The van der Waals surface area contributed by atoms with Gasteiger partial charge < -0.3 is 9.32 Å². The lowest BCUT2D eigenvalue weighted by Crippen LogP contribution is -2.36. The second kappa shape index (κ2) is 6.11. The molecule has 4 heterocycles. The summed E-state index contributed by atoms with van der Waals surface area (Å²) < 4.78 is 7.64. The Balaban J connectivity index is 1.70. The minimum atomic E-state index is 0.206. The molecule has 1 aliphatic rings. The molecule has 0 aliphatic carbocycles. The number of aromatic nitrogens is 4. The number of imidazole rings is 1. The van der Waals surface area contributed by atoms with Gasteiger partial charge in [0.15, 0.2) is 5.82 Å². The van der Waals surface area contributed by atoms with Crippen molar-refractivity contribution in [1.82, 2.24) is 19.5 Å². The van der Waals surface area contributed by atoms with Gasteiger partial charge in [-0.25, -0.2) is 9.97 Å². The molecule has 2 atom stereocenters. The van der Waals surface area contributed by atoms with E-state index in [-0.39, 0.29) is 6.04 Å². The highest BCUT2D eigenvalue weighted by Crippen LogP contribution is 2.36. The number of hydrogen-bond donors (Lipinski definition) is 0. The molecule has 0 N–H and O–H groups in total. The van der Waals surface area contributed by atoms with E-state index in [0.29, 0.717) is 5.92 Å². The summed E-state index contributed by atoms with van der Waals surface area (Å²) in [6, 6.07) is 4.20. The van der Waals surface area contributed by atoms with Gasteiger partial charge in [-0.05, 0) is 37.8 Å². The van der Waals surface area contributed by atoms with Crippen LogP contribution in [-0.2, 0) is 0 Å². The van der Waals surface area contributed by atoms with Crippen LogP contribution >= 0.6 is 0 Å². The molecule has 0 amide bonds. The van der Waals surface area contributed by atoms with Crippen molar-refractivity contribution in [3.63, 3.8) is 0 Å². The lowest BCUT2D eigenvalue weighted by Gasteiger charge is -2.38. The highest BCUT2D eigenvalue weighted by molar-refractivity contribution is 5.43. The Morgan fingerprint density at radius 3 is 2.88 bits per heavy atom. The average Bonchev–Trinajstić information content (AvgIpc) is 3.26. The Hall–Kier alpha value is -2.63. The van der Waals surface area contributed by atoms with E-state index >= 15 is 0 Å². The number of anilines is 1. The summed E-state index contributed by atoms with van der Waals surface area (Å²) >= 11 is 0. The van der Waals surface area contributed by atoms with Crippen molar-refractivity contribution in [2.24, 2.45) is 5.92 Å². The highest BCUT2D eigenvalue weighted by Gasteiger charge is 2.30. The van der Waals surface area contributed by atoms with Crippen molar-refractivity contribution in [3.8, 4) is 5.82 Å². The predicted octanol–water partition coefficient (Wildman–Crippen LogP) is 3.54. The van der Waals surface area contributed by atoms with Crippen LogP contribution in [-0.4, -0.2) is 26.1 Å². The summed E-state index contributed by atoms with van der Waals surface area (Å²) in [4.78, 5) is 15.8. The number of rotatable bonds is 3. The van der Waals surface area contributed by atoms with E-state index in [4.69, 9.17) is 9.40 Å². The number of piperidine rings is 1. The van der Waals surface area contributed by atoms with Crippen molar-refractivity contribution in [3.05, 3.63) is 54.8 Å². The lowest BCUT2D eigenvalue weighted by atomic mass is 9.91. The average molecular weight is 323 g/mol. The van der Waals surface area contributed by atoms with Gasteiger partial charge in [0.2, 0.25) is 0 Å². The minimum absolute atomic E-state index is 0.206. The zero-order chi connectivity index (χ0) is 16.5. The van der Waals surface area contributed by atoms with Gasteiger partial charge in [-0.1, -0.05) is 6.92 Å². The Kier molecular flexibility index (Phi) is 3.80. The first-order chi connectivity index (χ1) is 11.7. The monoisotopic (exact) mass is 323 g/mol. The van der Waals surface area contributed by atoms with Crippen molar-refractivity contribution in [1.29, 1.82) is 0 Å². The van der Waals surface area contributed by atoms with Crippen LogP contribution in [0.2, 0.25) is 0 Å².